The van der Waals surface area contributed by atoms with E-state index in [0.717, 1.165) is 0 Å². The Balaban J connectivity index is 2.68. The minimum Gasteiger partial charge on any atom is -0.497 e. The Morgan fingerprint density at radius 2 is 2.11 bits per heavy atom. The molecule has 1 aromatic rings. The van der Waals surface area contributed by atoms with Crippen molar-refractivity contribution in [3.05, 3.63) is 18.2 Å². The Morgan fingerprint density at radius 1 is 1.39 bits per heavy atom. The number of ether oxygens (including phenoxy) is 2. The number of nitrogens with one attached hydrogen (secondary N) is 1. The Bertz CT molecular complexity index is 405. The molecular weight excluding hydrogens is 232 g/mol. The first kappa shape index (κ1) is 14.3. The van der Waals surface area contributed by atoms with Crippen molar-refractivity contribution in [2.75, 3.05) is 19.5 Å². The van der Waals surface area contributed by atoms with Crippen molar-refractivity contribution in [3.63, 3.8) is 0 Å². The zero-order valence-corrected chi connectivity index (χ0v) is 11.0. The van der Waals surface area contributed by atoms with Crippen LogP contribution in [0.25, 0.3) is 0 Å². The van der Waals surface area contributed by atoms with E-state index in [2.05, 4.69) is 5.32 Å². The normalized spacial score (nSPS) is 11.8. The summed E-state index contributed by atoms with van der Waals surface area (Å²) >= 11 is 0. The lowest BCUT2D eigenvalue weighted by molar-refractivity contribution is -0.116. The first-order valence-corrected chi connectivity index (χ1v) is 5.84. The second kappa shape index (κ2) is 6.86. The third-order valence-electron chi connectivity index (χ3n) is 2.51. The fourth-order valence-electron chi connectivity index (χ4n) is 1.47. The van der Waals surface area contributed by atoms with Crippen LogP contribution in [0, 0.1) is 0 Å². The lowest BCUT2D eigenvalue weighted by Gasteiger charge is -2.12. The van der Waals surface area contributed by atoms with Crippen molar-refractivity contribution in [3.8, 4) is 11.5 Å². The maximum Gasteiger partial charge on any atom is 0.224 e. The summed E-state index contributed by atoms with van der Waals surface area (Å²) in [6.07, 6.45) is 1.05. The van der Waals surface area contributed by atoms with E-state index in [1.165, 1.54) is 0 Å². The highest BCUT2D eigenvalue weighted by atomic mass is 16.5. The molecule has 0 saturated heterocycles. The van der Waals surface area contributed by atoms with E-state index in [1.807, 2.05) is 6.92 Å². The SMILES string of the molecule is COc1ccc(NC(=O)CCC(C)N)c(OC)c1. The molecule has 0 aliphatic carbocycles. The third-order valence-corrected chi connectivity index (χ3v) is 2.51. The molecule has 5 nitrogen and oxygen atoms in total. The van der Waals surface area contributed by atoms with Crippen LogP contribution >= 0.6 is 0 Å². The van der Waals surface area contributed by atoms with E-state index < -0.39 is 0 Å². The van der Waals surface area contributed by atoms with Gasteiger partial charge in [-0.3, -0.25) is 4.79 Å². The maximum absolute atomic E-state index is 11.7. The van der Waals surface area contributed by atoms with E-state index in [0.29, 0.717) is 30.0 Å². The molecule has 1 aromatic carbocycles. The second-order valence-corrected chi connectivity index (χ2v) is 4.13. The Morgan fingerprint density at radius 3 is 2.67 bits per heavy atom. The van der Waals surface area contributed by atoms with Gasteiger partial charge in [0.25, 0.3) is 0 Å². The quantitative estimate of drug-likeness (QED) is 0.809. The maximum atomic E-state index is 11.7. The Kier molecular flexibility index (Phi) is 5.45. The lowest BCUT2D eigenvalue weighted by Crippen LogP contribution is -2.19. The van der Waals surface area contributed by atoms with Crippen LogP contribution in [-0.2, 0) is 4.79 Å². The summed E-state index contributed by atoms with van der Waals surface area (Å²) in [5.41, 5.74) is 6.24. The summed E-state index contributed by atoms with van der Waals surface area (Å²) in [5, 5.41) is 2.79. The number of carbonyl (C=O) groups is 1. The molecule has 1 amide bonds. The molecule has 0 spiro atoms. The van der Waals surface area contributed by atoms with Gasteiger partial charge in [-0.15, -0.1) is 0 Å². The molecule has 0 aromatic heterocycles. The molecule has 3 N–H and O–H groups in total. The molecule has 0 aliphatic rings. The highest BCUT2D eigenvalue weighted by molar-refractivity contribution is 5.92. The molecule has 100 valence electrons. The number of benzene rings is 1. The van der Waals surface area contributed by atoms with Gasteiger partial charge in [0.15, 0.2) is 0 Å². The average Bonchev–Trinajstić information content (AvgIpc) is 2.36. The molecule has 1 atom stereocenters. The number of hydrogen-bond donors (Lipinski definition) is 2. The minimum absolute atomic E-state index is 0.0218. The van der Waals surface area contributed by atoms with Gasteiger partial charge >= 0.3 is 0 Å². The predicted octanol–water partition coefficient (Wildman–Crippen LogP) is 1.77. The summed E-state index contributed by atoms with van der Waals surface area (Å²) in [6.45, 7) is 1.88. The van der Waals surface area contributed by atoms with Gasteiger partial charge in [0.05, 0.1) is 19.9 Å². The van der Waals surface area contributed by atoms with Crippen molar-refractivity contribution in [2.45, 2.75) is 25.8 Å². The van der Waals surface area contributed by atoms with Gasteiger partial charge in [-0.1, -0.05) is 0 Å². The standard InChI is InChI=1S/C13H20N2O3/c1-9(14)4-7-13(16)15-11-6-5-10(17-2)8-12(11)18-3/h5-6,8-9H,4,7,14H2,1-3H3,(H,15,16). The van der Waals surface area contributed by atoms with E-state index in [1.54, 1.807) is 32.4 Å². The summed E-state index contributed by atoms with van der Waals surface area (Å²) < 4.78 is 10.3. The largest absolute Gasteiger partial charge is 0.497 e. The van der Waals surface area contributed by atoms with Crippen LogP contribution in [-0.4, -0.2) is 26.2 Å². The van der Waals surface area contributed by atoms with E-state index in [9.17, 15) is 4.79 Å². The molecule has 1 rings (SSSR count). The number of nitrogens with two attached hydrogens (primary N) is 1. The lowest BCUT2D eigenvalue weighted by atomic mass is 10.2. The van der Waals surface area contributed by atoms with Crippen LogP contribution < -0.4 is 20.5 Å². The molecule has 0 bridgehead atoms. The summed E-state index contributed by atoms with van der Waals surface area (Å²) in [6, 6.07) is 5.26. The summed E-state index contributed by atoms with van der Waals surface area (Å²) in [7, 11) is 3.13. The van der Waals surface area contributed by atoms with Crippen molar-refractivity contribution >= 4 is 11.6 Å². The van der Waals surface area contributed by atoms with Crippen LogP contribution in [0.5, 0.6) is 11.5 Å². The van der Waals surface area contributed by atoms with Gasteiger partial charge in [0.2, 0.25) is 5.91 Å². The first-order chi connectivity index (χ1) is 8.56. The number of methoxy groups -OCH3 is 2. The molecule has 0 heterocycles. The minimum atomic E-state index is -0.0734. The molecule has 5 heteroatoms. The smallest absolute Gasteiger partial charge is 0.224 e. The van der Waals surface area contributed by atoms with Crippen LogP contribution in [0.1, 0.15) is 19.8 Å². The second-order valence-electron chi connectivity index (χ2n) is 4.13. The van der Waals surface area contributed by atoms with E-state index >= 15 is 0 Å². The Hall–Kier alpha value is -1.75. The zero-order chi connectivity index (χ0) is 13.5. The summed E-state index contributed by atoms with van der Waals surface area (Å²) in [4.78, 5) is 11.7. The molecular formula is C13H20N2O3. The highest BCUT2D eigenvalue weighted by Gasteiger charge is 2.09. The molecule has 0 saturated carbocycles. The van der Waals surface area contributed by atoms with Gasteiger partial charge in [-0.05, 0) is 25.5 Å². The number of rotatable bonds is 6. The van der Waals surface area contributed by atoms with E-state index in [4.69, 9.17) is 15.2 Å². The van der Waals surface area contributed by atoms with Crippen molar-refractivity contribution < 1.29 is 14.3 Å². The van der Waals surface area contributed by atoms with Gasteiger partial charge in [-0.2, -0.15) is 0 Å². The highest BCUT2D eigenvalue weighted by Crippen LogP contribution is 2.29. The van der Waals surface area contributed by atoms with Gasteiger partial charge in [0.1, 0.15) is 11.5 Å². The number of amides is 1. The van der Waals surface area contributed by atoms with Crippen molar-refractivity contribution in [2.24, 2.45) is 5.73 Å². The molecule has 0 aliphatic heterocycles. The monoisotopic (exact) mass is 252 g/mol. The van der Waals surface area contributed by atoms with Crippen molar-refractivity contribution in [1.29, 1.82) is 0 Å². The van der Waals surface area contributed by atoms with Crippen LogP contribution in [0.3, 0.4) is 0 Å². The van der Waals surface area contributed by atoms with Gasteiger partial charge in [0, 0.05) is 18.5 Å². The molecule has 0 fully saturated rings. The van der Waals surface area contributed by atoms with Crippen LogP contribution in [0.2, 0.25) is 0 Å². The molecule has 0 radical (unpaired) electrons. The van der Waals surface area contributed by atoms with Crippen molar-refractivity contribution in [1.82, 2.24) is 0 Å². The summed E-state index contributed by atoms with van der Waals surface area (Å²) in [5.74, 6) is 1.18. The molecule has 18 heavy (non-hydrogen) atoms. The predicted molar refractivity (Wildman–Crippen MR) is 71.1 cm³/mol. The molecule has 1 unspecified atom stereocenters. The van der Waals surface area contributed by atoms with Crippen LogP contribution in [0.4, 0.5) is 5.69 Å². The number of carbonyl (C=O) groups excluding carboxylic acids is 1. The fraction of sp³-hybridized carbons (Fsp3) is 0.462. The van der Waals surface area contributed by atoms with Gasteiger partial charge < -0.3 is 20.5 Å². The zero-order valence-electron chi connectivity index (χ0n) is 11.0. The van der Waals surface area contributed by atoms with Crippen LogP contribution in [0.15, 0.2) is 18.2 Å². The topological polar surface area (TPSA) is 73.6 Å². The number of hydrogen-bond acceptors (Lipinski definition) is 4. The number of anilines is 1. The van der Waals surface area contributed by atoms with Gasteiger partial charge in [-0.25, -0.2) is 0 Å². The van der Waals surface area contributed by atoms with E-state index in [-0.39, 0.29) is 11.9 Å². The fourth-order valence-corrected chi connectivity index (χ4v) is 1.47. The average molecular weight is 252 g/mol. The first-order valence-electron chi connectivity index (χ1n) is 5.84. The Labute approximate surface area is 107 Å². The third kappa shape index (κ3) is 4.25.